The molecule has 4 aromatic rings. The summed E-state index contributed by atoms with van der Waals surface area (Å²) in [5, 5.41) is 5.90. The highest BCUT2D eigenvalue weighted by molar-refractivity contribution is 7.13. The topological polar surface area (TPSA) is 68.3 Å². The molecule has 0 saturated carbocycles. The van der Waals surface area contributed by atoms with Crippen LogP contribution in [0.25, 0.3) is 21.8 Å². The Bertz CT molecular complexity index is 1230. The van der Waals surface area contributed by atoms with Crippen molar-refractivity contribution < 1.29 is 14.3 Å². The van der Waals surface area contributed by atoms with Crippen LogP contribution in [-0.4, -0.2) is 16.9 Å². The van der Waals surface area contributed by atoms with Crippen LogP contribution in [0.2, 0.25) is 0 Å². The SMILES string of the molecule is CC(=O)Oc1ccc(C(=O)Nc2ccc(-c3csc(-c4ccccc4C)n3)cc2)cc1. The lowest BCUT2D eigenvalue weighted by Gasteiger charge is -2.07. The minimum atomic E-state index is -0.400. The minimum Gasteiger partial charge on any atom is -0.427 e. The molecular weight excluding hydrogens is 408 g/mol. The number of hydrogen-bond donors (Lipinski definition) is 1. The van der Waals surface area contributed by atoms with E-state index in [1.807, 2.05) is 41.8 Å². The summed E-state index contributed by atoms with van der Waals surface area (Å²) < 4.78 is 4.98. The van der Waals surface area contributed by atoms with Crippen molar-refractivity contribution >= 4 is 28.9 Å². The van der Waals surface area contributed by atoms with E-state index in [1.165, 1.54) is 12.5 Å². The van der Waals surface area contributed by atoms with Crippen molar-refractivity contribution in [2.24, 2.45) is 0 Å². The van der Waals surface area contributed by atoms with Gasteiger partial charge in [0.1, 0.15) is 10.8 Å². The predicted molar refractivity (Wildman–Crippen MR) is 123 cm³/mol. The second-order valence-corrected chi connectivity index (χ2v) is 7.86. The number of rotatable bonds is 5. The highest BCUT2D eigenvalue weighted by Gasteiger charge is 2.10. The van der Waals surface area contributed by atoms with Crippen LogP contribution in [0, 0.1) is 6.92 Å². The fourth-order valence-corrected chi connectivity index (χ4v) is 4.03. The molecule has 0 atom stereocenters. The first-order valence-corrected chi connectivity index (χ1v) is 10.6. The van der Waals surface area contributed by atoms with Gasteiger partial charge in [-0.15, -0.1) is 11.3 Å². The first-order valence-electron chi connectivity index (χ1n) is 9.71. The molecule has 5 nitrogen and oxygen atoms in total. The molecule has 1 amide bonds. The van der Waals surface area contributed by atoms with Gasteiger partial charge in [-0.3, -0.25) is 9.59 Å². The maximum absolute atomic E-state index is 12.5. The van der Waals surface area contributed by atoms with Crippen LogP contribution in [0.5, 0.6) is 5.75 Å². The Morgan fingerprint density at radius 2 is 1.65 bits per heavy atom. The van der Waals surface area contributed by atoms with Crippen molar-refractivity contribution in [3.05, 3.63) is 89.3 Å². The number of carbonyl (C=O) groups is 2. The van der Waals surface area contributed by atoms with Crippen LogP contribution in [0.1, 0.15) is 22.8 Å². The van der Waals surface area contributed by atoms with E-state index < -0.39 is 5.97 Å². The third kappa shape index (κ3) is 4.87. The number of nitrogens with zero attached hydrogens (tertiary/aromatic N) is 1. The Balaban J connectivity index is 1.44. The van der Waals surface area contributed by atoms with Crippen LogP contribution >= 0.6 is 11.3 Å². The summed E-state index contributed by atoms with van der Waals surface area (Å²) in [6.45, 7) is 3.41. The van der Waals surface area contributed by atoms with Crippen LogP contribution in [0.4, 0.5) is 5.69 Å². The normalized spacial score (nSPS) is 10.5. The molecule has 3 aromatic carbocycles. The Hall–Kier alpha value is -3.77. The molecule has 0 aliphatic heterocycles. The zero-order chi connectivity index (χ0) is 21.8. The average molecular weight is 429 g/mol. The lowest BCUT2D eigenvalue weighted by atomic mass is 10.1. The summed E-state index contributed by atoms with van der Waals surface area (Å²) in [5.74, 6) is -0.234. The molecule has 0 unspecified atom stereocenters. The summed E-state index contributed by atoms with van der Waals surface area (Å²) >= 11 is 1.62. The average Bonchev–Trinajstić information content (AvgIpc) is 3.24. The van der Waals surface area contributed by atoms with Gasteiger partial charge in [0.05, 0.1) is 5.69 Å². The molecule has 154 valence electrons. The van der Waals surface area contributed by atoms with Gasteiger partial charge in [-0.1, -0.05) is 36.4 Å². The molecule has 0 saturated heterocycles. The maximum Gasteiger partial charge on any atom is 0.308 e. The van der Waals surface area contributed by atoms with Crippen molar-refractivity contribution in [1.29, 1.82) is 0 Å². The van der Waals surface area contributed by atoms with E-state index >= 15 is 0 Å². The fraction of sp³-hybridized carbons (Fsp3) is 0.0800. The van der Waals surface area contributed by atoms with E-state index in [0.717, 1.165) is 21.8 Å². The molecular formula is C25H20N2O3S. The van der Waals surface area contributed by atoms with Crippen molar-refractivity contribution in [2.45, 2.75) is 13.8 Å². The summed E-state index contributed by atoms with van der Waals surface area (Å²) in [6, 6.07) is 22.2. The van der Waals surface area contributed by atoms with E-state index in [4.69, 9.17) is 9.72 Å². The summed E-state index contributed by atoms with van der Waals surface area (Å²) in [6.07, 6.45) is 0. The highest BCUT2D eigenvalue weighted by atomic mass is 32.1. The molecule has 0 aliphatic carbocycles. The molecule has 0 fully saturated rings. The lowest BCUT2D eigenvalue weighted by Crippen LogP contribution is -2.11. The van der Waals surface area contributed by atoms with Gasteiger partial charge >= 0.3 is 5.97 Å². The number of ether oxygens (including phenoxy) is 1. The summed E-state index contributed by atoms with van der Waals surface area (Å²) in [4.78, 5) is 28.2. The van der Waals surface area contributed by atoms with E-state index in [9.17, 15) is 9.59 Å². The number of aryl methyl sites for hydroxylation is 1. The molecule has 0 spiro atoms. The number of hydrogen-bond acceptors (Lipinski definition) is 5. The molecule has 0 aliphatic rings. The van der Waals surface area contributed by atoms with E-state index in [2.05, 4.69) is 24.4 Å². The molecule has 31 heavy (non-hydrogen) atoms. The van der Waals surface area contributed by atoms with Gasteiger partial charge in [-0.25, -0.2) is 4.98 Å². The van der Waals surface area contributed by atoms with Crippen molar-refractivity contribution in [1.82, 2.24) is 4.98 Å². The maximum atomic E-state index is 12.5. The van der Waals surface area contributed by atoms with Gasteiger partial charge < -0.3 is 10.1 Å². The minimum absolute atomic E-state index is 0.238. The Kier molecular flexibility index (Phi) is 5.91. The van der Waals surface area contributed by atoms with Crippen molar-refractivity contribution in [3.63, 3.8) is 0 Å². The molecule has 6 heteroatoms. The van der Waals surface area contributed by atoms with Gasteiger partial charge in [-0.2, -0.15) is 0 Å². The standard InChI is InChI=1S/C25H20N2O3S/c1-16-5-3-4-6-22(16)25-27-23(15-31-25)18-7-11-20(12-8-18)26-24(29)19-9-13-21(14-10-19)30-17(2)28/h3-15H,1-2H3,(H,26,29). The molecule has 0 radical (unpaired) electrons. The zero-order valence-electron chi connectivity index (χ0n) is 17.1. The Morgan fingerprint density at radius 1 is 0.935 bits per heavy atom. The summed E-state index contributed by atoms with van der Waals surface area (Å²) in [7, 11) is 0. The fourth-order valence-electron chi connectivity index (χ4n) is 3.11. The van der Waals surface area contributed by atoms with Crippen LogP contribution in [-0.2, 0) is 4.79 Å². The number of anilines is 1. The first kappa shape index (κ1) is 20.5. The second-order valence-electron chi connectivity index (χ2n) is 7.00. The van der Waals surface area contributed by atoms with Crippen LogP contribution in [0.3, 0.4) is 0 Å². The monoisotopic (exact) mass is 428 g/mol. The Morgan fingerprint density at radius 3 is 2.32 bits per heavy atom. The van der Waals surface area contributed by atoms with Crippen molar-refractivity contribution in [3.8, 4) is 27.6 Å². The van der Waals surface area contributed by atoms with Crippen LogP contribution in [0.15, 0.2) is 78.2 Å². The van der Waals surface area contributed by atoms with Gasteiger partial charge in [0, 0.05) is 34.7 Å². The van der Waals surface area contributed by atoms with E-state index in [0.29, 0.717) is 17.0 Å². The number of carbonyl (C=O) groups excluding carboxylic acids is 2. The Labute approximate surface area is 184 Å². The smallest absolute Gasteiger partial charge is 0.308 e. The van der Waals surface area contributed by atoms with Crippen molar-refractivity contribution in [2.75, 3.05) is 5.32 Å². The zero-order valence-corrected chi connectivity index (χ0v) is 17.9. The van der Waals surface area contributed by atoms with Gasteiger partial charge in [0.2, 0.25) is 0 Å². The third-order valence-electron chi connectivity index (χ3n) is 4.70. The van der Waals surface area contributed by atoms with Crippen LogP contribution < -0.4 is 10.1 Å². The number of aromatic nitrogens is 1. The lowest BCUT2D eigenvalue weighted by molar-refractivity contribution is -0.131. The predicted octanol–water partition coefficient (Wildman–Crippen LogP) is 5.96. The molecule has 4 rings (SSSR count). The third-order valence-corrected chi connectivity index (χ3v) is 5.57. The highest BCUT2D eigenvalue weighted by Crippen LogP contribution is 2.31. The van der Waals surface area contributed by atoms with E-state index in [1.54, 1.807) is 35.6 Å². The second kappa shape index (κ2) is 8.93. The summed E-state index contributed by atoms with van der Waals surface area (Å²) in [5.41, 5.74) is 5.39. The molecule has 1 heterocycles. The quantitative estimate of drug-likeness (QED) is 0.314. The first-order chi connectivity index (χ1) is 15.0. The molecule has 0 bridgehead atoms. The largest absolute Gasteiger partial charge is 0.427 e. The number of amides is 1. The number of thiazole rings is 1. The number of benzene rings is 3. The molecule has 1 N–H and O–H groups in total. The van der Waals surface area contributed by atoms with Gasteiger partial charge in [0.25, 0.3) is 5.91 Å². The van der Waals surface area contributed by atoms with E-state index in [-0.39, 0.29) is 5.91 Å². The number of nitrogens with one attached hydrogen (secondary N) is 1. The van der Waals surface area contributed by atoms with Gasteiger partial charge in [-0.05, 0) is 48.9 Å². The number of esters is 1. The molecule has 1 aromatic heterocycles. The van der Waals surface area contributed by atoms with Gasteiger partial charge in [0.15, 0.2) is 0 Å².